The van der Waals surface area contributed by atoms with E-state index in [-0.39, 0.29) is 12.0 Å². The van der Waals surface area contributed by atoms with Crippen molar-refractivity contribution >= 4 is 5.91 Å². The average Bonchev–Trinajstić information content (AvgIpc) is 2.85. The van der Waals surface area contributed by atoms with E-state index in [0.29, 0.717) is 17.9 Å². The minimum atomic E-state index is 0.0869. The summed E-state index contributed by atoms with van der Waals surface area (Å²) < 4.78 is 0. The van der Waals surface area contributed by atoms with E-state index in [2.05, 4.69) is 11.8 Å². The molecule has 0 bridgehead atoms. The maximum absolute atomic E-state index is 12.9. The van der Waals surface area contributed by atoms with E-state index in [9.17, 15) is 4.79 Å². The average molecular weight is 264 g/mol. The molecular formula is C16H28N2O. The van der Waals surface area contributed by atoms with E-state index in [0.717, 1.165) is 18.9 Å². The molecule has 1 aliphatic heterocycles. The van der Waals surface area contributed by atoms with E-state index in [1.165, 1.54) is 44.9 Å². The number of likely N-dealkylation sites (tertiary alicyclic amines) is 1. The Morgan fingerprint density at radius 3 is 2.68 bits per heavy atom. The van der Waals surface area contributed by atoms with Crippen LogP contribution in [0.15, 0.2) is 0 Å². The smallest absolute Gasteiger partial charge is 0.227 e. The Hall–Kier alpha value is -0.570. The highest BCUT2D eigenvalue weighted by molar-refractivity contribution is 5.80. The van der Waals surface area contributed by atoms with Crippen LogP contribution >= 0.6 is 0 Å². The molecule has 19 heavy (non-hydrogen) atoms. The standard InChI is InChI=1S/C16H28N2O/c1-11-5-4-7-13(15(11)17)16(19)18-10-9-12-6-2-3-8-14(12)18/h11-15H,2-10,17H2,1H3. The molecule has 0 aromatic carbocycles. The van der Waals surface area contributed by atoms with Gasteiger partial charge in [0.15, 0.2) is 0 Å². The third-order valence-corrected chi connectivity index (χ3v) is 5.91. The summed E-state index contributed by atoms with van der Waals surface area (Å²) >= 11 is 0. The monoisotopic (exact) mass is 264 g/mol. The summed E-state index contributed by atoms with van der Waals surface area (Å²) in [4.78, 5) is 15.1. The van der Waals surface area contributed by atoms with E-state index in [1.807, 2.05) is 0 Å². The molecule has 0 aromatic rings. The van der Waals surface area contributed by atoms with Crippen LogP contribution in [0.25, 0.3) is 0 Å². The molecule has 2 saturated carbocycles. The fourth-order valence-corrected chi connectivity index (χ4v) is 4.62. The Bertz CT molecular complexity index is 344. The molecule has 1 amide bonds. The van der Waals surface area contributed by atoms with Crippen LogP contribution in [0.5, 0.6) is 0 Å². The molecule has 3 heteroatoms. The number of nitrogens with two attached hydrogens (primary N) is 1. The lowest BCUT2D eigenvalue weighted by Gasteiger charge is -2.38. The first kappa shape index (κ1) is 13.4. The lowest BCUT2D eigenvalue weighted by Crippen LogP contribution is -2.50. The van der Waals surface area contributed by atoms with Crippen molar-refractivity contribution in [2.24, 2.45) is 23.5 Å². The lowest BCUT2D eigenvalue weighted by atomic mass is 9.77. The minimum absolute atomic E-state index is 0.0869. The van der Waals surface area contributed by atoms with Gasteiger partial charge in [0.05, 0.1) is 5.92 Å². The number of fused-ring (bicyclic) bond motifs is 1. The fourth-order valence-electron chi connectivity index (χ4n) is 4.62. The predicted octanol–water partition coefficient (Wildman–Crippen LogP) is 2.54. The molecule has 1 saturated heterocycles. The summed E-state index contributed by atoms with van der Waals surface area (Å²) in [5.74, 6) is 1.78. The number of carbonyl (C=O) groups is 1. The third kappa shape index (κ3) is 2.42. The van der Waals surface area contributed by atoms with Gasteiger partial charge < -0.3 is 10.6 Å². The van der Waals surface area contributed by atoms with Crippen LogP contribution in [0.2, 0.25) is 0 Å². The van der Waals surface area contributed by atoms with Crippen molar-refractivity contribution in [3.8, 4) is 0 Å². The molecule has 5 atom stereocenters. The van der Waals surface area contributed by atoms with Gasteiger partial charge in [-0.3, -0.25) is 4.79 Å². The van der Waals surface area contributed by atoms with E-state index in [1.54, 1.807) is 0 Å². The second kappa shape index (κ2) is 5.43. The predicted molar refractivity (Wildman–Crippen MR) is 76.6 cm³/mol. The second-order valence-corrected chi connectivity index (χ2v) is 7.02. The van der Waals surface area contributed by atoms with E-state index in [4.69, 9.17) is 5.73 Å². The molecule has 108 valence electrons. The largest absolute Gasteiger partial charge is 0.339 e. The van der Waals surface area contributed by atoms with Crippen molar-refractivity contribution in [1.29, 1.82) is 0 Å². The van der Waals surface area contributed by atoms with Gasteiger partial charge in [-0.25, -0.2) is 0 Å². The molecule has 0 spiro atoms. The number of hydrogen-bond donors (Lipinski definition) is 1. The first-order valence-electron chi connectivity index (χ1n) is 8.24. The van der Waals surface area contributed by atoms with Crippen molar-refractivity contribution in [2.45, 2.75) is 70.4 Å². The Kier molecular flexibility index (Phi) is 3.84. The molecule has 1 heterocycles. The SMILES string of the molecule is CC1CCCC(C(=O)N2CCC3CCCCC32)C1N. The minimum Gasteiger partial charge on any atom is -0.339 e. The van der Waals surface area contributed by atoms with Crippen LogP contribution in [0.4, 0.5) is 0 Å². The Morgan fingerprint density at radius 2 is 1.84 bits per heavy atom. The first-order chi connectivity index (χ1) is 9.18. The molecule has 0 aromatic heterocycles. The van der Waals surface area contributed by atoms with Gasteiger partial charge in [0.25, 0.3) is 0 Å². The third-order valence-electron chi connectivity index (χ3n) is 5.91. The van der Waals surface area contributed by atoms with Gasteiger partial charge in [-0.1, -0.05) is 26.2 Å². The van der Waals surface area contributed by atoms with Gasteiger partial charge in [0.2, 0.25) is 5.91 Å². The highest BCUT2D eigenvalue weighted by Crippen LogP contribution is 2.38. The van der Waals surface area contributed by atoms with Crippen molar-refractivity contribution in [2.75, 3.05) is 6.54 Å². The summed E-state index contributed by atoms with van der Waals surface area (Å²) in [6, 6.07) is 0.634. The molecule has 5 unspecified atom stereocenters. The van der Waals surface area contributed by atoms with Gasteiger partial charge in [-0.15, -0.1) is 0 Å². The summed E-state index contributed by atoms with van der Waals surface area (Å²) in [6.45, 7) is 3.20. The van der Waals surface area contributed by atoms with Crippen LogP contribution in [-0.4, -0.2) is 29.4 Å². The zero-order valence-corrected chi connectivity index (χ0v) is 12.2. The zero-order chi connectivity index (χ0) is 13.4. The molecule has 3 nitrogen and oxygen atoms in total. The molecule has 2 N–H and O–H groups in total. The van der Waals surface area contributed by atoms with Crippen molar-refractivity contribution in [1.82, 2.24) is 4.90 Å². The van der Waals surface area contributed by atoms with Gasteiger partial charge in [0.1, 0.15) is 0 Å². The van der Waals surface area contributed by atoms with Crippen LogP contribution < -0.4 is 5.73 Å². The van der Waals surface area contributed by atoms with Gasteiger partial charge in [-0.2, -0.15) is 0 Å². The zero-order valence-electron chi connectivity index (χ0n) is 12.2. The summed E-state index contributed by atoms with van der Waals surface area (Å²) in [5.41, 5.74) is 6.31. The van der Waals surface area contributed by atoms with Crippen LogP contribution in [0.3, 0.4) is 0 Å². The molecule has 3 rings (SSSR count). The number of nitrogens with zero attached hydrogens (tertiary/aromatic N) is 1. The quantitative estimate of drug-likeness (QED) is 0.791. The molecule has 2 aliphatic carbocycles. The van der Waals surface area contributed by atoms with Gasteiger partial charge in [0, 0.05) is 18.6 Å². The van der Waals surface area contributed by atoms with E-state index >= 15 is 0 Å². The molecule has 3 aliphatic rings. The maximum atomic E-state index is 12.9. The van der Waals surface area contributed by atoms with E-state index < -0.39 is 0 Å². The number of rotatable bonds is 1. The normalized spacial score (nSPS) is 43.1. The Balaban J connectivity index is 1.69. The summed E-state index contributed by atoms with van der Waals surface area (Å²) in [5, 5.41) is 0. The van der Waals surface area contributed by atoms with Crippen molar-refractivity contribution < 1.29 is 4.79 Å². The summed E-state index contributed by atoms with van der Waals surface area (Å²) in [7, 11) is 0. The van der Waals surface area contributed by atoms with Crippen molar-refractivity contribution in [3.05, 3.63) is 0 Å². The van der Waals surface area contributed by atoms with Crippen LogP contribution in [0.1, 0.15) is 58.3 Å². The highest BCUT2D eigenvalue weighted by atomic mass is 16.2. The van der Waals surface area contributed by atoms with Gasteiger partial charge in [-0.05, 0) is 43.9 Å². The highest BCUT2D eigenvalue weighted by Gasteiger charge is 2.42. The second-order valence-electron chi connectivity index (χ2n) is 7.02. The lowest BCUT2D eigenvalue weighted by molar-refractivity contribution is -0.139. The van der Waals surface area contributed by atoms with Crippen molar-refractivity contribution in [3.63, 3.8) is 0 Å². The topological polar surface area (TPSA) is 46.3 Å². The first-order valence-corrected chi connectivity index (χ1v) is 8.24. The fraction of sp³-hybridized carbons (Fsp3) is 0.938. The van der Waals surface area contributed by atoms with Crippen LogP contribution in [-0.2, 0) is 4.79 Å². The maximum Gasteiger partial charge on any atom is 0.227 e. The molecular weight excluding hydrogens is 236 g/mol. The Labute approximate surface area is 116 Å². The Morgan fingerprint density at radius 1 is 1.05 bits per heavy atom. The number of hydrogen-bond acceptors (Lipinski definition) is 2. The molecule has 0 radical (unpaired) electrons. The molecule has 3 fully saturated rings. The number of carbonyl (C=O) groups excluding carboxylic acids is 1. The number of amides is 1. The van der Waals surface area contributed by atoms with Gasteiger partial charge >= 0.3 is 0 Å². The summed E-state index contributed by atoms with van der Waals surface area (Å²) in [6.07, 6.45) is 9.84. The van der Waals surface area contributed by atoms with Crippen LogP contribution in [0, 0.1) is 17.8 Å².